The highest BCUT2D eigenvalue weighted by molar-refractivity contribution is 6.74. The Hall–Kier alpha value is -0.923. The van der Waals surface area contributed by atoms with Gasteiger partial charge in [-0.05, 0) is 101 Å². The highest BCUT2D eigenvalue weighted by Gasteiger charge is 2.37. The molecule has 0 aromatic carbocycles. The molecule has 0 N–H and O–H groups in total. The van der Waals surface area contributed by atoms with Crippen molar-refractivity contribution in [3.8, 4) is 0 Å². The molecule has 0 spiro atoms. The van der Waals surface area contributed by atoms with Gasteiger partial charge in [0.1, 0.15) is 0 Å². The number of carbonyl (C=O) groups excluding carboxylic acids is 2. The van der Waals surface area contributed by atoms with Crippen molar-refractivity contribution in [3.05, 3.63) is 0 Å². The molecule has 0 aromatic rings. The summed E-state index contributed by atoms with van der Waals surface area (Å²) in [5.74, 6) is 0.706. The first-order valence-electron chi connectivity index (χ1n) is 27.5. The van der Waals surface area contributed by atoms with Gasteiger partial charge in [0.25, 0.3) is 0 Å². The Bertz CT molecular complexity index is 969. The molecule has 1 unspecified atom stereocenters. The molecule has 1 rings (SSSR count). The number of unbranched alkanes of at least 4 members (excludes halogenated alkanes) is 21. The lowest BCUT2D eigenvalue weighted by Gasteiger charge is -2.39. The quantitative estimate of drug-likeness (QED) is 0.0346. The van der Waals surface area contributed by atoms with E-state index in [0.29, 0.717) is 19.3 Å². The molecular weight excluding hydrogens is 783 g/mol. The number of hydrogen-bond donors (Lipinski definition) is 0. The predicted octanol–water partition coefficient (Wildman–Crippen LogP) is 16.8. The van der Waals surface area contributed by atoms with Gasteiger partial charge in [-0.1, -0.05) is 203 Å². The van der Waals surface area contributed by atoms with Crippen LogP contribution in [0.5, 0.6) is 0 Å². The van der Waals surface area contributed by atoms with Crippen molar-refractivity contribution in [2.45, 2.75) is 285 Å². The normalized spacial score (nSPS) is 17.4. The zero-order valence-electron chi connectivity index (χ0n) is 43.5. The van der Waals surface area contributed by atoms with Crippen molar-refractivity contribution in [3.63, 3.8) is 0 Å². The van der Waals surface area contributed by atoms with E-state index in [9.17, 15) is 9.59 Å². The second-order valence-electron chi connectivity index (χ2n) is 21.8. The van der Waals surface area contributed by atoms with E-state index in [1.807, 2.05) is 0 Å². The first-order valence-corrected chi connectivity index (χ1v) is 30.4. The highest BCUT2D eigenvalue weighted by atomic mass is 28.4. The Morgan fingerprint density at radius 1 is 0.516 bits per heavy atom. The van der Waals surface area contributed by atoms with Crippen LogP contribution in [-0.2, 0) is 23.5 Å². The van der Waals surface area contributed by atoms with E-state index in [4.69, 9.17) is 13.9 Å². The van der Waals surface area contributed by atoms with Crippen molar-refractivity contribution in [1.82, 2.24) is 4.90 Å². The smallest absolute Gasteiger partial charge is 0.308 e. The molecule has 62 heavy (non-hydrogen) atoms. The van der Waals surface area contributed by atoms with Gasteiger partial charge in [-0.15, -0.1) is 0 Å². The van der Waals surface area contributed by atoms with Gasteiger partial charge < -0.3 is 18.8 Å². The van der Waals surface area contributed by atoms with Gasteiger partial charge in [0, 0.05) is 12.6 Å². The predicted molar refractivity (Wildman–Crippen MR) is 271 cm³/mol. The molecule has 1 aliphatic carbocycles. The molecule has 0 aliphatic heterocycles. The standard InChI is InChI=1S/C55H109NO5Si/c1-11-15-19-23-27-31-37-50(38-32-28-24-20-16-12-2)53(57)59-46-48-43-49(45-52(44-48)56(8)41-35-36-42-61-62(9,10)55(5,6)7)47-60-54(58)51(39-33-29-25-21-17-13-3)40-34-30-26-22-18-14-4/h48-52H,11-47H2,1-10H3/t48-,49+,52?. The minimum absolute atomic E-state index is 0.0231. The van der Waals surface area contributed by atoms with Crippen molar-refractivity contribution in [2.24, 2.45) is 23.7 Å². The molecule has 0 aromatic heterocycles. The summed E-state index contributed by atoms with van der Waals surface area (Å²) in [6.45, 7) is 23.6. The van der Waals surface area contributed by atoms with Crippen LogP contribution in [0.1, 0.15) is 260 Å². The number of rotatable bonds is 41. The van der Waals surface area contributed by atoms with Crippen molar-refractivity contribution >= 4 is 20.3 Å². The van der Waals surface area contributed by atoms with E-state index in [0.717, 1.165) is 96.6 Å². The summed E-state index contributed by atoms with van der Waals surface area (Å²) < 4.78 is 19.2. The fourth-order valence-corrected chi connectivity index (χ4v) is 10.5. The number of hydrogen-bond acceptors (Lipinski definition) is 6. The van der Waals surface area contributed by atoms with E-state index < -0.39 is 8.32 Å². The molecule has 368 valence electrons. The Balaban J connectivity index is 3.00. The van der Waals surface area contributed by atoms with Crippen molar-refractivity contribution in [2.75, 3.05) is 33.4 Å². The molecule has 0 heterocycles. The minimum atomic E-state index is -1.74. The van der Waals surface area contributed by atoms with Crippen LogP contribution in [-0.4, -0.2) is 64.6 Å². The lowest BCUT2D eigenvalue weighted by molar-refractivity contribution is -0.152. The summed E-state index contributed by atoms with van der Waals surface area (Å²) in [5.41, 5.74) is 0. The summed E-state index contributed by atoms with van der Waals surface area (Å²) >= 11 is 0. The summed E-state index contributed by atoms with van der Waals surface area (Å²) in [4.78, 5) is 30.2. The summed E-state index contributed by atoms with van der Waals surface area (Å²) in [6, 6.07) is 0.390. The molecule has 0 bridgehead atoms. The largest absolute Gasteiger partial charge is 0.465 e. The van der Waals surface area contributed by atoms with Gasteiger partial charge in [0.05, 0.1) is 25.0 Å². The maximum absolute atomic E-state index is 13.8. The third-order valence-electron chi connectivity index (χ3n) is 14.9. The minimum Gasteiger partial charge on any atom is -0.465 e. The number of ether oxygens (including phenoxy) is 2. The monoisotopic (exact) mass is 892 g/mol. The van der Waals surface area contributed by atoms with Crippen LogP contribution >= 0.6 is 0 Å². The van der Waals surface area contributed by atoms with Gasteiger partial charge in [0.15, 0.2) is 8.32 Å². The molecule has 6 nitrogen and oxygen atoms in total. The van der Waals surface area contributed by atoms with Crippen molar-refractivity contribution in [1.29, 1.82) is 0 Å². The Morgan fingerprint density at radius 3 is 1.19 bits per heavy atom. The molecule has 0 amide bonds. The fourth-order valence-electron chi connectivity index (χ4n) is 9.43. The Morgan fingerprint density at radius 2 is 0.855 bits per heavy atom. The zero-order valence-corrected chi connectivity index (χ0v) is 44.5. The number of esters is 2. The number of carbonyl (C=O) groups is 2. The molecule has 1 aliphatic rings. The molecule has 7 heteroatoms. The third kappa shape index (κ3) is 28.9. The maximum Gasteiger partial charge on any atom is 0.308 e. The molecule has 1 fully saturated rings. The van der Waals surface area contributed by atoms with Gasteiger partial charge in [-0.2, -0.15) is 0 Å². The molecule has 1 saturated carbocycles. The summed E-state index contributed by atoms with van der Waals surface area (Å²) in [5, 5.41) is 0.230. The first kappa shape index (κ1) is 59.1. The van der Waals surface area contributed by atoms with E-state index >= 15 is 0 Å². The van der Waals surface area contributed by atoms with Gasteiger partial charge in [-0.3, -0.25) is 9.59 Å². The van der Waals surface area contributed by atoms with E-state index in [1.165, 1.54) is 128 Å². The lowest BCUT2D eigenvalue weighted by Crippen LogP contribution is -2.42. The van der Waals surface area contributed by atoms with Crippen LogP contribution in [0, 0.1) is 23.7 Å². The lowest BCUT2D eigenvalue weighted by atomic mass is 9.78. The second kappa shape index (κ2) is 37.2. The number of nitrogens with zero attached hydrogens (tertiary/aromatic N) is 1. The average molecular weight is 893 g/mol. The van der Waals surface area contributed by atoms with E-state index in [2.05, 4.69) is 73.5 Å². The summed E-state index contributed by atoms with van der Waals surface area (Å²) in [7, 11) is 0.540. The van der Waals surface area contributed by atoms with Crippen molar-refractivity contribution < 1.29 is 23.5 Å². The Kier molecular flexibility index (Phi) is 35.5. The fraction of sp³-hybridized carbons (Fsp3) is 0.964. The van der Waals surface area contributed by atoms with Crippen LogP contribution in [0.25, 0.3) is 0 Å². The van der Waals surface area contributed by atoms with Gasteiger partial charge in [0.2, 0.25) is 0 Å². The summed E-state index contributed by atoms with van der Waals surface area (Å²) in [6.07, 6.45) is 39.1. The highest BCUT2D eigenvalue weighted by Crippen LogP contribution is 2.37. The van der Waals surface area contributed by atoms with Crippen LogP contribution in [0.2, 0.25) is 18.1 Å². The van der Waals surface area contributed by atoms with Crippen LogP contribution in [0.3, 0.4) is 0 Å². The van der Waals surface area contributed by atoms with Gasteiger partial charge >= 0.3 is 11.9 Å². The van der Waals surface area contributed by atoms with E-state index in [-0.39, 0.29) is 40.6 Å². The third-order valence-corrected chi connectivity index (χ3v) is 19.4. The topological polar surface area (TPSA) is 65.1 Å². The first-order chi connectivity index (χ1) is 29.8. The molecule has 0 saturated heterocycles. The SMILES string of the molecule is CCCCCCCCC(CCCCCCCC)C(=O)OC[C@@H]1CC(N(C)CCCCO[Si](C)(C)C(C)(C)C)C[C@H](COC(=O)C(CCCCCCCC)CCCCCCCC)C1. The maximum atomic E-state index is 13.8. The van der Waals surface area contributed by atoms with E-state index in [1.54, 1.807) is 0 Å². The average Bonchev–Trinajstić information content (AvgIpc) is 3.24. The second-order valence-corrected chi connectivity index (χ2v) is 26.6. The van der Waals surface area contributed by atoms with Crippen LogP contribution in [0.4, 0.5) is 0 Å². The molecular formula is C55H109NO5Si. The van der Waals surface area contributed by atoms with Crippen LogP contribution in [0.15, 0.2) is 0 Å². The zero-order chi connectivity index (χ0) is 45.9. The molecule has 0 radical (unpaired) electrons. The van der Waals surface area contributed by atoms with Crippen LogP contribution < -0.4 is 0 Å². The van der Waals surface area contributed by atoms with Gasteiger partial charge in [-0.25, -0.2) is 0 Å². The Labute approximate surface area is 388 Å². The molecule has 3 atom stereocenters.